The van der Waals surface area contributed by atoms with Gasteiger partial charge in [0.1, 0.15) is 23.1 Å². The van der Waals surface area contributed by atoms with Crippen molar-refractivity contribution in [3.63, 3.8) is 0 Å². The van der Waals surface area contributed by atoms with Crippen molar-refractivity contribution in [2.24, 2.45) is 10.2 Å². The first kappa shape index (κ1) is 16.7. The van der Waals surface area contributed by atoms with Crippen LogP contribution >= 0.6 is 0 Å². The molecule has 0 unspecified atom stereocenters. The van der Waals surface area contributed by atoms with Crippen LogP contribution in [0.1, 0.15) is 16.7 Å². The summed E-state index contributed by atoms with van der Waals surface area (Å²) in [5.74, 6) is 0.644. The van der Waals surface area contributed by atoms with Crippen molar-refractivity contribution in [1.29, 1.82) is 5.26 Å². The lowest BCUT2D eigenvalue weighted by Crippen LogP contribution is -1.85. The largest absolute Gasteiger partial charge is 0.282 e. The average Bonchev–Trinajstić information content (AvgIpc) is 3.07. The van der Waals surface area contributed by atoms with Gasteiger partial charge in [0.15, 0.2) is 5.82 Å². The standard InChI is InChI=1S/C22H17N5/c1-15-9-11-17(12-10-15)20-22(27-13-5-6-16(2)21(27)24-20)26-25-19-8-4-3-7-18(19)14-23/h3-13H,1-2H3. The van der Waals surface area contributed by atoms with Gasteiger partial charge in [-0.05, 0) is 37.6 Å². The van der Waals surface area contributed by atoms with Gasteiger partial charge >= 0.3 is 0 Å². The molecule has 0 atom stereocenters. The topological polar surface area (TPSA) is 65.8 Å². The quantitative estimate of drug-likeness (QED) is 0.431. The predicted molar refractivity (Wildman–Crippen MR) is 105 cm³/mol. The minimum Gasteiger partial charge on any atom is -0.282 e. The van der Waals surface area contributed by atoms with E-state index in [0.29, 0.717) is 17.1 Å². The molecule has 0 saturated heterocycles. The van der Waals surface area contributed by atoms with Crippen molar-refractivity contribution in [3.05, 3.63) is 83.6 Å². The molecule has 0 spiro atoms. The molecule has 4 rings (SSSR count). The summed E-state index contributed by atoms with van der Waals surface area (Å²) in [6.07, 6.45) is 1.93. The minimum absolute atomic E-state index is 0.489. The van der Waals surface area contributed by atoms with Crippen LogP contribution in [-0.2, 0) is 0 Å². The van der Waals surface area contributed by atoms with Crippen molar-refractivity contribution >= 4 is 17.2 Å². The van der Waals surface area contributed by atoms with Crippen LogP contribution in [0.4, 0.5) is 11.5 Å². The van der Waals surface area contributed by atoms with E-state index in [1.165, 1.54) is 5.56 Å². The number of nitrogens with zero attached hydrogens (tertiary/aromatic N) is 5. The maximum atomic E-state index is 9.27. The number of rotatable bonds is 3. The Morgan fingerprint density at radius 2 is 1.70 bits per heavy atom. The first-order valence-electron chi connectivity index (χ1n) is 8.63. The summed E-state index contributed by atoms with van der Waals surface area (Å²) in [6.45, 7) is 4.07. The monoisotopic (exact) mass is 351 g/mol. The fourth-order valence-electron chi connectivity index (χ4n) is 2.95. The van der Waals surface area contributed by atoms with Crippen molar-refractivity contribution in [2.45, 2.75) is 13.8 Å². The third-order valence-electron chi connectivity index (χ3n) is 4.42. The zero-order chi connectivity index (χ0) is 18.8. The summed E-state index contributed by atoms with van der Waals surface area (Å²) in [7, 11) is 0. The molecule has 130 valence electrons. The Labute approximate surface area is 157 Å². The van der Waals surface area contributed by atoms with E-state index in [9.17, 15) is 5.26 Å². The molecule has 0 aliphatic heterocycles. The van der Waals surface area contributed by atoms with Gasteiger partial charge < -0.3 is 0 Å². The molecule has 0 amide bonds. The number of aryl methyl sites for hydroxylation is 2. The van der Waals surface area contributed by atoms with Crippen LogP contribution in [0.5, 0.6) is 0 Å². The molecule has 0 aliphatic carbocycles. The summed E-state index contributed by atoms with van der Waals surface area (Å²) in [6, 6.07) is 21.5. The Morgan fingerprint density at radius 1 is 0.926 bits per heavy atom. The van der Waals surface area contributed by atoms with Gasteiger partial charge in [0.2, 0.25) is 0 Å². The zero-order valence-electron chi connectivity index (χ0n) is 15.1. The van der Waals surface area contributed by atoms with E-state index in [2.05, 4.69) is 35.4 Å². The number of imidazole rings is 1. The van der Waals surface area contributed by atoms with Crippen LogP contribution in [0, 0.1) is 25.2 Å². The van der Waals surface area contributed by atoms with E-state index in [-0.39, 0.29) is 0 Å². The number of hydrogen-bond acceptors (Lipinski definition) is 4. The molecule has 0 saturated carbocycles. The fourth-order valence-corrected chi connectivity index (χ4v) is 2.95. The molecular weight excluding hydrogens is 334 g/mol. The maximum absolute atomic E-state index is 9.27. The van der Waals surface area contributed by atoms with Crippen molar-refractivity contribution in [2.75, 3.05) is 0 Å². The molecule has 5 nitrogen and oxygen atoms in total. The minimum atomic E-state index is 0.489. The highest BCUT2D eigenvalue weighted by atomic mass is 15.2. The van der Waals surface area contributed by atoms with Gasteiger partial charge in [-0.3, -0.25) is 4.40 Å². The molecule has 0 bridgehead atoms. The summed E-state index contributed by atoms with van der Waals surface area (Å²) in [5.41, 5.74) is 5.86. The molecule has 27 heavy (non-hydrogen) atoms. The van der Waals surface area contributed by atoms with Crippen LogP contribution in [0.25, 0.3) is 16.9 Å². The first-order valence-corrected chi connectivity index (χ1v) is 8.63. The number of hydrogen-bond donors (Lipinski definition) is 0. The molecule has 5 heteroatoms. The second-order valence-corrected chi connectivity index (χ2v) is 6.36. The van der Waals surface area contributed by atoms with Crippen molar-refractivity contribution in [3.8, 4) is 17.3 Å². The Morgan fingerprint density at radius 3 is 2.48 bits per heavy atom. The fraction of sp³-hybridized carbons (Fsp3) is 0.0909. The van der Waals surface area contributed by atoms with Crippen LogP contribution < -0.4 is 0 Å². The smallest absolute Gasteiger partial charge is 0.187 e. The van der Waals surface area contributed by atoms with E-state index in [0.717, 1.165) is 22.5 Å². The number of benzene rings is 2. The van der Waals surface area contributed by atoms with E-state index < -0.39 is 0 Å². The molecule has 4 aromatic rings. The number of nitriles is 1. The SMILES string of the molecule is Cc1ccc(-c2nc3c(C)cccn3c2N=Nc2ccccc2C#N)cc1. The van der Waals surface area contributed by atoms with Gasteiger partial charge in [-0.1, -0.05) is 48.0 Å². The Balaban J connectivity index is 1.91. The van der Waals surface area contributed by atoms with Crippen LogP contribution in [0.2, 0.25) is 0 Å². The highest BCUT2D eigenvalue weighted by Crippen LogP contribution is 2.33. The van der Waals surface area contributed by atoms with E-state index in [4.69, 9.17) is 4.98 Å². The number of fused-ring (bicyclic) bond motifs is 1. The molecule has 2 aromatic heterocycles. The lowest BCUT2D eigenvalue weighted by atomic mass is 10.1. The molecule has 0 radical (unpaired) electrons. The van der Waals surface area contributed by atoms with Gasteiger partial charge in [-0.2, -0.15) is 5.26 Å². The third kappa shape index (κ3) is 3.09. The first-order chi connectivity index (χ1) is 13.2. The maximum Gasteiger partial charge on any atom is 0.187 e. The Bertz CT molecular complexity index is 1190. The number of azo groups is 1. The van der Waals surface area contributed by atoms with Crippen molar-refractivity contribution in [1.82, 2.24) is 9.38 Å². The van der Waals surface area contributed by atoms with E-state index >= 15 is 0 Å². The van der Waals surface area contributed by atoms with Gasteiger partial charge in [0.05, 0.1) is 5.56 Å². The highest BCUT2D eigenvalue weighted by Gasteiger charge is 2.15. The van der Waals surface area contributed by atoms with Crippen molar-refractivity contribution < 1.29 is 0 Å². The molecule has 2 heterocycles. The second-order valence-electron chi connectivity index (χ2n) is 6.36. The Kier molecular flexibility index (Phi) is 4.23. The van der Waals surface area contributed by atoms with Gasteiger partial charge in [-0.25, -0.2) is 4.98 Å². The lowest BCUT2D eigenvalue weighted by molar-refractivity contribution is 1.09. The Hall–Kier alpha value is -3.78. The molecule has 0 aliphatic rings. The second kappa shape index (κ2) is 6.85. The summed E-state index contributed by atoms with van der Waals surface area (Å²) < 4.78 is 1.93. The van der Waals surface area contributed by atoms with E-state index in [1.54, 1.807) is 12.1 Å². The number of aromatic nitrogens is 2. The summed E-state index contributed by atoms with van der Waals surface area (Å²) >= 11 is 0. The molecule has 0 fully saturated rings. The molecular formula is C22H17N5. The van der Waals surface area contributed by atoms with Crippen LogP contribution in [0.15, 0.2) is 77.1 Å². The summed E-state index contributed by atoms with van der Waals surface area (Å²) in [5, 5.41) is 18.1. The van der Waals surface area contributed by atoms with Gasteiger partial charge in [0.25, 0.3) is 0 Å². The van der Waals surface area contributed by atoms with Gasteiger partial charge in [0, 0.05) is 11.8 Å². The third-order valence-corrected chi connectivity index (χ3v) is 4.42. The predicted octanol–water partition coefficient (Wildman–Crippen LogP) is 5.91. The summed E-state index contributed by atoms with van der Waals surface area (Å²) in [4.78, 5) is 4.81. The van der Waals surface area contributed by atoms with Crippen LogP contribution in [-0.4, -0.2) is 9.38 Å². The number of pyridine rings is 1. The average molecular weight is 351 g/mol. The zero-order valence-corrected chi connectivity index (χ0v) is 15.1. The lowest BCUT2D eigenvalue weighted by Gasteiger charge is -2.01. The highest BCUT2D eigenvalue weighted by molar-refractivity contribution is 5.75. The molecule has 0 N–H and O–H groups in total. The van der Waals surface area contributed by atoms with Crippen LogP contribution in [0.3, 0.4) is 0 Å². The van der Waals surface area contributed by atoms with E-state index in [1.807, 2.05) is 53.9 Å². The normalized spacial score (nSPS) is 11.1. The van der Waals surface area contributed by atoms with Gasteiger partial charge in [-0.15, -0.1) is 10.2 Å². The molecule has 2 aromatic carbocycles.